The molecule has 0 aliphatic heterocycles. The lowest BCUT2D eigenvalue weighted by Crippen LogP contribution is -2.15. The quantitative estimate of drug-likeness (QED) is 0.651. The van der Waals surface area contributed by atoms with E-state index in [4.69, 9.17) is 0 Å². The topological polar surface area (TPSA) is 114 Å². The van der Waals surface area contributed by atoms with E-state index in [1.54, 1.807) is 6.92 Å². The van der Waals surface area contributed by atoms with Crippen LogP contribution in [-0.2, 0) is 24.2 Å². The van der Waals surface area contributed by atoms with Crippen molar-refractivity contribution in [2.45, 2.75) is 45.6 Å². The van der Waals surface area contributed by atoms with Gasteiger partial charge in [-0.2, -0.15) is 10.4 Å². The first-order valence-corrected chi connectivity index (χ1v) is 8.84. The first-order chi connectivity index (χ1) is 12.0. The Labute approximate surface area is 148 Å². The molecule has 2 heterocycles. The molecule has 1 N–H and O–H groups in total. The molecular formula is C16H17N5O3S. The highest BCUT2D eigenvalue weighted by Gasteiger charge is 2.22. The number of rotatable bonds is 5. The van der Waals surface area contributed by atoms with Crippen LogP contribution in [0.25, 0.3) is 0 Å². The van der Waals surface area contributed by atoms with Crippen LogP contribution in [0.4, 0.5) is 10.7 Å². The van der Waals surface area contributed by atoms with Crippen molar-refractivity contribution in [1.82, 2.24) is 9.78 Å². The molecule has 0 saturated heterocycles. The molecule has 0 radical (unpaired) electrons. The normalized spacial score (nSPS) is 13.1. The molecule has 0 spiro atoms. The fraction of sp³-hybridized carbons (Fsp3) is 0.438. The zero-order valence-electron chi connectivity index (χ0n) is 13.7. The lowest BCUT2D eigenvalue weighted by molar-refractivity contribution is -0.385. The van der Waals surface area contributed by atoms with Crippen molar-refractivity contribution in [3.8, 4) is 6.07 Å². The predicted octanol–water partition coefficient (Wildman–Crippen LogP) is 2.94. The minimum Gasteiger partial charge on any atom is -0.317 e. The summed E-state index contributed by atoms with van der Waals surface area (Å²) in [6.45, 7) is 1.85. The molecule has 0 atom stereocenters. The van der Waals surface area contributed by atoms with E-state index in [9.17, 15) is 20.2 Å². The maximum Gasteiger partial charge on any atom is 0.309 e. The third-order valence-electron chi connectivity index (χ3n) is 4.36. The van der Waals surface area contributed by atoms with E-state index >= 15 is 0 Å². The molecule has 1 aliphatic rings. The second-order valence-corrected chi connectivity index (χ2v) is 7.03. The van der Waals surface area contributed by atoms with Gasteiger partial charge in [0.15, 0.2) is 0 Å². The zero-order valence-corrected chi connectivity index (χ0v) is 14.6. The van der Waals surface area contributed by atoms with Crippen LogP contribution in [0.1, 0.15) is 41.0 Å². The van der Waals surface area contributed by atoms with Crippen LogP contribution in [0, 0.1) is 28.4 Å². The zero-order chi connectivity index (χ0) is 18.0. The number of nitriles is 1. The van der Waals surface area contributed by atoms with Crippen LogP contribution in [0.3, 0.4) is 0 Å². The highest BCUT2D eigenvalue weighted by molar-refractivity contribution is 7.16. The third-order valence-corrected chi connectivity index (χ3v) is 5.57. The number of hydrogen-bond donors (Lipinski definition) is 1. The minimum atomic E-state index is -0.492. The Morgan fingerprint density at radius 1 is 1.52 bits per heavy atom. The van der Waals surface area contributed by atoms with Crippen molar-refractivity contribution >= 4 is 27.9 Å². The Balaban J connectivity index is 1.67. The maximum absolute atomic E-state index is 12.2. The van der Waals surface area contributed by atoms with E-state index in [0.717, 1.165) is 31.2 Å². The van der Waals surface area contributed by atoms with Gasteiger partial charge in [0.1, 0.15) is 23.0 Å². The smallest absolute Gasteiger partial charge is 0.309 e. The molecule has 2 aromatic heterocycles. The van der Waals surface area contributed by atoms with E-state index in [2.05, 4.69) is 16.5 Å². The second-order valence-electron chi connectivity index (χ2n) is 5.92. The summed E-state index contributed by atoms with van der Waals surface area (Å²) in [5, 5.41) is 27.6. The fourth-order valence-electron chi connectivity index (χ4n) is 3.01. The van der Waals surface area contributed by atoms with Crippen molar-refractivity contribution in [3.63, 3.8) is 0 Å². The maximum atomic E-state index is 12.2. The monoisotopic (exact) mass is 359 g/mol. The Kier molecular flexibility index (Phi) is 4.81. The van der Waals surface area contributed by atoms with Crippen molar-refractivity contribution in [3.05, 3.63) is 38.0 Å². The number of carbonyl (C=O) groups is 1. The number of fused-ring (bicyclic) bond motifs is 1. The highest BCUT2D eigenvalue weighted by Crippen LogP contribution is 2.37. The minimum absolute atomic E-state index is 0.0573. The molecule has 3 rings (SSSR count). The largest absolute Gasteiger partial charge is 0.317 e. The van der Waals surface area contributed by atoms with E-state index < -0.39 is 4.92 Å². The summed E-state index contributed by atoms with van der Waals surface area (Å²) < 4.78 is 1.45. The molecule has 1 aliphatic carbocycles. The Hall–Kier alpha value is -2.73. The van der Waals surface area contributed by atoms with Gasteiger partial charge in [-0.1, -0.05) is 0 Å². The summed E-state index contributed by atoms with van der Waals surface area (Å²) >= 11 is 1.48. The molecule has 2 aromatic rings. The molecule has 9 heteroatoms. The number of hydrogen-bond acceptors (Lipinski definition) is 6. The van der Waals surface area contributed by atoms with Gasteiger partial charge < -0.3 is 5.32 Å². The Bertz CT molecular complexity index is 877. The fourth-order valence-corrected chi connectivity index (χ4v) is 4.27. The highest BCUT2D eigenvalue weighted by atomic mass is 32.1. The molecular weight excluding hydrogens is 342 g/mol. The summed E-state index contributed by atoms with van der Waals surface area (Å²) in [6.07, 6.45) is 5.36. The number of nitrogens with zero attached hydrogens (tertiary/aromatic N) is 4. The summed E-state index contributed by atoms with van der Waals surface area (Å²) in [5.41, 5.74) is 2.02. The van der Waals surface area contributed by atoms with Gasteiger partial charge in [-0.3, -0.25) is 19.6 Å². The SMILES string of the molecule is Cc1c([N+](=O)[O-])cnn1CCC(=O)Nc1sc2c(c1C#N)CCCC2. The van der Waals surface area contributed by atoms with Crippen LogP contribution in [0.2, 0.25) is 0 Å². The standard InChI is InChI=1S/C16H17N5O3S/c1-10-13(21(23)24)9-18-20(10)7-6-15(22)19-16-12(8-17)11-4-2-3-5-14(11)25-16/h9H,2-7H2,1H3,(H,19,22). The van der Waals surface area contributed by atoms with Gasteiger partial charge in [-0.25, -0.2) is 0 Å². The van der Waals surface area contributed by atoms with Gasteiger partial charge in [0.2, 0.25) is 5.91 Å². The van der Waals surface area contributed by atoms with E-state index in [0.29, 0.717) is 16.3 Å². The van der Waals surface area contributed by atoms with Gasteiger partial charge in [0.05, 0.1) is 17.0 Å². The summed E-state index contributed by atoms with van der Waals surface area (Å²) in [5.74, 6) is -0.229. The number of anilines is 1. The summed E-state index contributed by atoms with van der Waals surface area (Å²) in [4.78, 5) is 23.8. The van der Waals surface area contributed by atoms with Gasteiger partial charge >= 0.3 is 5.69 Å². The lowest BCUT2D eigenvalue weighted by Gasteiger charge is -2.09. The molecule has 0 unspecified atom stereocenters. The van der Waals surface area contributed by atoms with Crippen LogP contribution in [0.5, 0.6) is 0 Å². The van der Waals surface area contributed by atoms with E-state index in [-0.39, 0.29) is 24.6 Å². The molecule has 8 nitrogen and oxygen atoms in total. The molecule has 0 fully saturated rings. The average molecular weight is 359 g/mol. The third kappa shape index (κ3) is 3.39. The van der Waals surface area contributed by atoms with Crippen molar-refractivity contribution in [1.29, 1.82) is 5.26 Å². The van der Waals surface area contributed by atoms with Crippen LogP contribution in [-0.4, -0.2) is 20.6 Å². The van der Waals surface area contributed by atoms with E-state index in [1.807, 2.05) is 0 Å². The first-order valence-electron chi connectivity index (χ1n) is 8.02. The number of aryl methyl sites for hydroxylation is 2. The number of aromatic nitrogens is 2. The number of carbonyl (C=O) groups excluding carboxylic acids is 1. The number of thiophene rings is 1. The molecule has 25 heavy (non-hydrogen) atoms. The van der Waals surface area contributed by atoms with Crippen LogP contribution < -0.4 is 5.32 Å². The number of nitrogens with one attached hydrogen (secondary N) is 1. The molecule has 0 bridgehead atoms. The average Bonchev–Trinajstić information content (AvgIpc) is 3.12. The van der Waals surface area contributed by atoms with Crippen LogP contribution >= 0.6 is 11.3 Å². The summed E-state index contributed by atoms with van der Waals surface area (Å²) in [6, 6.07) is 2.21. The predicted molar refractivity (Wildman–Crippen MR) is 92.5 cm³/mol. The van der Waals surface area contributed by atoms with Gasteiger partial charge in [-0.15, -0.1) is 11.3 Å². The van der Waals surface area contributed by atoms with Gasteiger partial charge in [0.25, 0.3) is 0 Å². The Morgan fingerprint density at radius 2 is 2.28 bits per heavy atom. The van der Waals surface area contributed by atoms with Crippen molar-refractivity contribution in [2.24, 2.45) is 0 Å². The van der Waals surface area contributed by atoms with Gasteiger partial charge in [0, 0.05) is 11.3 Å². The summed E-state index contributed by atoms with van der Waals surface area (Å²) in [7, 11) is 0. The number of amides is 1. The number of nitro groups is 1. The van der Waals surface area contributed by atoms with Crippen LogP contribution in [0.15, 0.2) is 6.20 Å². The Morgan fingerprint density at radius 3 is 2.96 bits per heavy atom. The lowest BCUT2D eigenvalue weighted by atomic mass is 9.96. The molecule has 130 valence electrons. The van der Waals surface area contributed by atoms with Crippen molar-refractivity contribution < 1.29 is 9.72 Å². The first kappa shape index (κ1) is 17.1. The molecule has 0 aromatic carbocycles. The van der Waals surface area contributed by atoms with Gasteiger partial charge in [-0.05, 0) is 38.2 Å². The molecule has 1 amide bonds. The second kappa shape index (κ2) is 7.03. The molecule has 0 saturated carbocycles. The van der Waals surface area contributed by atoms with E-state index in [1.165, 1.54) is 27.1 Å². The van der Waals surface area contributed by atoms with Crippen molar-refractivity contribution in [2.75, 3.05) is 5.32 Å².